The minimum absolute atomic E-state index is 0.0688. The molecule has 0 radical (unpaired) electrons. The number of pyridine rings is 1. The smallest absolute Gasteiger partial charge is 0.251 e. The van der Waals surface area contributed by atoms with Crippen LogP contribution in [0.25, 0.3) is 6.08 Å². The number of allylic oxidation sites excluding steroid dienone is 3. The van der Waals surface area contributed by atoms with Crippen LogP contribution >= 0.6 is 0 Å². The van der Waals surface area contributed by atoms with E-state index < -0.39 is 5.54 Å². The van der Waals surface area contributed by atoms with Crippen LogP contribution in [0.2, 0.25) is 0 Å². The number of aromatic nitrogens is 1. The third-order valence-corrected chi connectivity index (χ3v) is 6.15. The second kappa shape index (κ2) is 8.34. The molecule has 1 amide bonds. The number of carbonyl (C=O) groups is 1. The number of nitrogens with zero attached hydrogens (tertiary/aromatic N) is 1. The molecule has 5 nitrogen and oxygen atoms in total. The average Bonchev–Trinajstić information content (AvgIpc) is 2.76. The Morgan fingerprint density at radius 2 is 2.00 bits per heavy atom. The lowest BCUT2D eigenvalue weighted by Crippen LogP contribution is -2.40. The van der Waals surface area contributed by atoms with Gasteiger partial charge >= 0.3 is 0 Å². The number of aliphatic imine (C=N–C) groups is 1. The summed E-state index contributed by atoms with van der Waals surface area (Å²) in [6, 6.07) is 11.0. The van der Waals surface area contributed by atoms with Crippen molar-refractivity contribution in [2.24, 2.45) is 10.9 Å². The van der Waals surface area contributed by atoms with Gasteiger partial charge in [0.05, 0.1) is 0 Å². The summed E-state index contributed by atoms with van der Waals surface area (Å²) in [6.45, 7) is 4.23. The van der Waals surface area contributed by atoms with E-state index >= 15 is 0 Å². The molecule has 2 aliphatic carbocycles. The lowest BCUT2D eigenvalue weighted by molar-refractivity contribution is 0.0963. The molecule has 158 valence electrons. The summed E-state index contributed by atoms with van der Waals surface area (Å²) in [7, 11) is 1.62. The molecular formula is C26H27N3O2. The van der Waals surface area contributed by atoms with Crippen LogP contribution in [0.1, 0.15) is 47.4 Å². The van der Waals surface area contributed by atoms with Crippen LogP contribution in [0, 0.1) is 5.92 Å². The van der Waals surface area contributed by atoms with Crippen molar-refractivity contribution in [3.8, 4) is 0 Å². The summed E-state index contributed by atoms with van der Waals surface area (Å²) in [5.41, 5.74) is 5.75. The molecule has 0 aliphatic heterocycles. The number of fused-ring (bicyclic) bond motifs is 4. The van der Waals surface area contributed by atoms with Crippen molar-refractivity contribution in [1.29, 1.82) is 0 Å². The Bertz CT molecular complexity index is 1180. The molecule has 1 aromatic heterocycles. The molecule has 0 saturated heterocycles. The van der Waals surface area contributed by atoms with Crippen LogP contribution in [-0.2, 0) is 12.0 Å². The van der Waals surface area contributed by atoms with Crippen molar-refractivity contribution < 1.29 is 4.79 Å². The van der Waals surface area contributed by atoms with Gasteiger partial charge in [-0.05, 0) is 55.7 Å². The standard InChI is InChI=1S/C26H27N3O2/c1-4-21-20-14-17(2)16-26(21,22-11-12-24(30)29-23(22)15-20)28-13-5-6-18-7-9-19(10-8-18)25(31)27-3/h4-14,20H,15-16H2,1-3H3,(H,27,31)(H,29,30)/b6-5+,21-4+,28-13+/t20-,26+/m0/s1. The minimum atomic E-state index is -0.483. The molecule has 0 fully saturated rings. The molecular weight excluding hydrogens is 386 g/mol. The number of benzene rings is 1. The molecule has 4 rings (SSSR count). The largest absolute Gasteiger partial charge is 0.355 e. The van der Waals surface area contributed by atoms with Gasteiger partial charge in [-0.2, -0.15) is 0 Å². The van der Waals surface area contributed by atoms with E-state index in [1.165, 1.54) is 11.1 Å². The molecule has 2 N–H and O–H groups in total. The quantitative estimate of drug-likeness (QED) is 0.583. The highest BCUT2D eigenvalue weighted by atomic mass is 16.1. The fourth-order valence-electron chi connectivity index (χ4n) is 4.87. The van der Waals surface area contributed by atoms with Crippen molar-refractivity contribution >= 4 is 18.2 Å². The zero-order chi connectivity index (χ0) is 22.0. The zero-order valence-electron chi connectivity index (χ0n) is 18.1. The Morgan fingerprint density at radius 3 is 2.71 bits per heavy atom. The Morgan fingerprint density at radius 1 is 1.23 bits per heavy atom. The van der Waals surface area contributed by atoms with E-state index in [9.17, 15) is 9.59 Å². The summed E-state index contributed by atoms with van der Waals surface area (Å²) < 4.78 is 0. The molecule has 0 saturated carbocycles. The first-order valence-corrected chi connectivity index (χ1v) is 10.6. The number of rotatable bonds is 4. The molecule has 1 heterocycles. The highest BCUT2D eigenvalue weighted by molar-refractivity contribution is 5.94. The highest BCUT2D eigenvalue weighted by Crippen LogP contribution is 2.51. The number of hydrogen-bond donors (Lipinski definition) is 2. The molecule has 2 aromatic rings. The first-order valence-electron chi connectivity index (χ1n) is 10.6. The van der Waals surface area contributed by atoms with Crippen LogP contribution in [0.5, 0.6) is 0 Å². The lowest BCUT2D eigenvalue weighted by atomic mass is 9.63. The van der Waals surface area contributed by atoms with E-state index in [1.54, 1.807) is 25.2 Å². The summed E-state index contributed by atoms with van der Waals surface area (Å²) in [5, 5.41) is 2.62. The van der Waals surface area contributed by atoms with E-state index in [2.05, 4.69) is 36.3 Å². The number of carbonyl (C=O) groups excluding carboxylic acids is 1. The normalized spacial score (nSPS) is 23.8. The van der Waals surface area contributed by atoms with Crippen molar-refractivity contribution in [3.63, 3.8) is 0 Å². The summed E-state index contributed by atoms with van der Waals surface area (Å²) in [5.74, 6) is 0.155. The van der Waals surface area contributed by atoms with E-state index in [0.29, 0.717) is 5.56 Å². The van der Waals surface area contributed by atoms with Gasteiger partial charge in [0.25, 0.3) is 5.91 Å². The van der Waals surface area contributed by atoms with E-state index in [4.69, 9.17) is 4.99 Å². The first-order chi connectivity index (χ1) is 15.0. The summed E-state index contributed by atoms with van der Waals surface area (Å²) >= 11 is 0. The number of aromatic amines is 1. The maximum absolute atomic E-state index is 11.9. The van der Waals surface area contributed by atoms with Crippen LogP contribution < -0.4 is 10.9 Å². The van der Waals surface area contributed by atoms with Crippen LogP contribution in [0.4, 0.5) is 0 Å². The Labute approximate surface area is 182 Å². The number of H-pyrrole nitrogens is 1. The fourth-order valence-corrected chi connectivity index (χ4v) is 4.87. The van der Waals surface area contributed by atoms with E-state index in [0.717, 1.165) is 29.7 Å². The van der Waals surface area contributed by atoms with Crippen molar-refractivity contribution in [2.45, 2.75) is 32.2 Å². The topological polar surface area (TPSA) is 74.3 Å². The molecule has 0 spiro atoms. The molecule has 5 heteroatoms. The third kappa shape index (κ3) is 3.83. The average molecular weight is 414 g/mol. The maximum Gasteiger partial charge on any atom is 0.251 e. The number of nitrogens with one attached hydrogen (secondary N) is 2. The zero-order valence-corrected chi connectivity index (χ0v) is 18.1. The fraction of sp³-hybridized carbons (Fsp3) is 0.269. The van der Waals surface area contributed by atoms with Gasteiger partial charge in [0.1, 0.15) is 5.54 Å². The van der Waals surface area contributed by atoms with Crippen LogP contribution in [-0.4, -0.2) is 24.2 Å². The van der Waals surface area contributed by atoms with Gasteiger partial charge in [-0.3, -0.25) is 14.6 Å². The monoisotopic (exact) mass is 413 g/mol. The molecule has 1 aromatic carbocycles. The summed E-state index contributed by atoms with van der Waals surface area (Å²) in [6.07, 6.45) is 11.8. The van der Waals surface area contributed by atoms with E-state index in [1.807, 2.05) is 36.6 Å². The minimum Gasteiger partial charge on any atom is -0.355 e. The van der Waals surface area contributed by atoms with Crippen LogP contribution in [0.15, 0.2) is 75.6 Å². The third-order valence-electron chi connectivity index (χ3n) is 6.15. The van der Waals surface area contributed by atoms with E-state index in [-0.39, 0.29) is 17.4 Å². The first kappa shape index (κ1) is 20.8. The maximum atomic E-state index is 11.9. The molecule has 2 atom stereocenters. The number of hydrogen-bond acceptors (Lipinski definition) is 3. The second-order valence-electron chi connectivity index (χ2n) is 8.16. The summed E-state index contributed by atoms with van der Waals surface area (Å²) in [4.78, 5) is 31.7. The Balaban J connectivity index is 1.67. The predicted molar refractivity (Wildman–Crippen MR) is 125 cm³/mol. The van der Waals surface area contributed by atoms with Gasteiger partial charge in [-0.25, -0.2) is 0 Å². The van der Waals surface area contributed by atoms with Crippen molar-refractivity contribution in [1.82, 2.24) is 10.3 Å². The van der Waals surface area contributed by atoms with Gasteiger partial charge in [-0.1, -0.05) is 35.9 Å². The Hall–Kier alpha value is -3.47. The Kier molecular flexibility index (Phi) is 5.59. The number of amides is 1. The van der Waals surface area contributed by atoms with Gasteiger partial charge < -0.3 is 10.3 Å². The molecule has 31 heavy (non-hydrogen) atoms. The van der Waals surface area contributed by atoms with Gasteiger partial charge in [0, 0.05) is 48.5 Å². The van der Waals surface area contributed by atoms with Gasteiger partial charge in [-0.15, -0.1) is 0 Å². The molecule has 2 aliphatic rings. The predicted octanol–water partition coefficient (Wildman–Crippen LogP) is 4.18. The second-order valence-corrected chi connectivity index (χ2v) is 8.16. The van der Waals surface area contributed by atoms with Crippen molar-refractivity contribution in [3.05, 3.63) is 98.5 Å². The SMILES string of the molecule is C/C=C1\[C@H]2C=C(C)C[C@]1(/N=C/C=C/c1ccc(C(=O)NC)cc1)c1ccc(=O)[nH]c1C2. The van der Waals surface area contributed by atoms with Gasteiger partial charge in [0.15, 0.2) is 0 Å². The van der Waals surface area contributed by atoms with Crippen molar-refractivity contribution in [2.75, 3.05) is 7.05 Å². The molecule has 0 unspecified atom stereocenters. The van der Waals surface area contributed by atoms with Crippen LogP contribution in [0.3, 0.4) is 0 Å². The van der Waals surface area contributed by atoms with Gasteiger partial charge in [0.2, 0.25) is 5.56 Å². The lowest BCUT2D eigenvalue weighted by Gasteiger charge is -2.45. The highest BCUT2D eigenvalue weighted by Gasteiger charge is 2.46. The molecule has 2 bridgehead atoms.